The number of carbonyl (C=O) groups excluding carboxylic acids is 4. The molecule has 11 nitrogen and oxygen atoms in total. The van der Waals surface area contributed by atoms with Crippen molar-refractivity contribution in [2.45, 2.75) is 12.5 Å². The Morgan fingerprint density at radius 3 is 2.62 bits per heavy atom. The Labute approximate surface area is 193 Å². The van der Waals surface area contributed by atoms with Gasteiger partial charge in [-0.2, -0.15) is 0 Å². The number of ether oxygens (including phenoxy) is 2. The molecule has 3 aromatic rings. The van der Waals surface area contributed by atoms with Crippen LogP contribution in [0, 0.1) is 0 Å². The molecule has 0 spiro atoms. The fourth-order valence-electron chi connectivity index (χ4n) is 3.83. The minimum atomic E-state index is -1.48. The first-order valence-electron chi connectivity index (χ1n) is 10.5. The maximum atomic E-state index is 13.0. The summed E-state index contributed by atoms with van der Waals surface area (Å²) in [6, 6.07) is 12.0. The first kappa shape index (κ1) is 21.3. The topological polar surface area (TPSA) is 139 Å². The number of nitrogens with one attached hydrogen (secondary N) is 3. The van der Waals surface area contributed by atoms with Gasteiger partial charge in [-0.15, -0.1) is 0 Å². The van der Waals surface area contributed by atoms with Gasteiger partial charge < -0.3 is 24.5 Å². The summed E-state index contributed by atoms with van der Waals surface area (Å²) in [5.74, 6) is -0.239. The second-order valence-corrected chi connectivity index (χ2v) is 7.96. The number of imide groups is 2. The Hall–Kier alpha value is -4.54. The third-order valence-electron chi connectivity index (χ3n) is 5.55. The highest BCUT2D eigenvalue weighted by atomic mass is 16.6. The van der Waals surface area contributed by atoms with E-state index in [1.165, 1.54) is 6.92 Å². The van der Waals surface area contributed by atoms with Crippen molar-refractivity contribution < 1.29 is 33.1 Å². The van der Waals surface area contributed by atoms with Crippen LogP contribution in [0.4, 0.5) is 15.3 Å². The normalized spacial score (nSPS) is 19.1. The Balaban J connectivity index is 1.23. The fourth-order valence-corrected chi connectivity index (χ4v) is 3.83. The number of rotatable bonds is 4. The lowest BCUT2D eigenvalue weighted by molar-refractivity contribution is -0.134. The molecule has 3 N–H and O–H groups in total. The van der Waals surface area contributed by atoms with Crippen molar-refractivity contribution in [2.75, 3.05) is 25.1 Å². The monoisotopic (exact) mass is 464 g/mol. The second-order valence-electron chi connectivity index (χ2n) is 7.96. The quantitative estimate of drug-likeness (QED) is 0.504. The van der Waals surface area contributed by atoms with Crippen molar-refractivity contribution >= 4 is 40.5 Å². The van der Waals surface area contributed by atoms with Gasteiger partial charge in [-0.3, -0.25) is 19.8 Å². The van der Waals surface area contributed by atoms with Crippen molar-refractivity contribution in [2.24, 2.45) is 0 Å². The predicted molar refractivity (Wildman–Crippen MR) is 118 cm³/mol. The molecule has 0 unspecified atom stereocenters. The molecule has 0 saturated carbocycles. The van der Waals surface area contributed by atoms with Crippen LogP contribution in [0.3, 0.4) is 0 Å². The Kier molecular flexibility index (Phi) is 5.08. The summed E-state index contributed by atoms with van der Waals surface area (Å²) >= 11 is 0. The van der Waals surface area contributed by atoms with Crippen molar-refractivity contribution in [1.82, 2.24) is 15.5 Å². The van der Waals surface area contributed by atoms with Crippen LogP contribution in [0.15, 0.2) is 52.9 Å². The first-order valence-corrected chi connectivity index (χ1v) is 10.5. The van der Waals surface area contributed by atoms with E-state index in [1.807, 2.05) is 12.1 Å². The number of urea groups is 2. The van der Waals surface area contributed by atoms with Gasteiger partial charge in [-0.05, 0) is 31.2 Å². The lowest BCUT2D eigenvalue weighted by Crippen LogP contribution is -2.45. The van der Waals surface area contributed by atoms with Crippen LogP contribution in [-0.4, -0.2) is 48.5 Å². The minimum absolute atomic E-state index is 0.242. The largest absolute Gasteiger partial charge is 0.486 e. The number of hydrogen-bond acceptors (Lipinski definition) is 7. The number of hydrogen-bond donors (Lipinski definition) is 3. The minimum Gasteiger partial charge on any atom is -0.486 e. The molecule has 34 heavy (non-hydrogen) atoms. The summed E-state index contributed by atoms with van der Waals surface area (Å²) in [5, 5.41) is 7.95. The third kappa shape index (κ3) is 3.76. The van der Waals surface area contributed by atoms with Gasteiger partial charge >= 0.3 is 12.1 Å². The second kappa shape index (κ2) is 8.10. The summed E-state index contributed by atoms with van der Waals surface area (Å²) in [5.41, 5.74) is -0.543. The van der Waals surface area contributed by atoms with Crippen LogP contribution >= 0.6 is 0 Å². The first-order chi connectivity index (χ1) is 16.3. The molecule has 11 heteroatoms. The highest BCUT2D eigenvalue weighted by molar-refractivity contribution is 6.10. The molecule has 1 atom stereocenters. The van der Waals surface area contributed by atoms with Gasteiger partial charge in [0, 0.05) is 17.1 Å². The Morgan fingerprint density at radius 2 is 1.82 bits per heavy atom. The van der Waals surface area contributed by atoms with Gasteiger partial charge in [0.1, 0.15) is 31.1 Å². The van der Waals surface area contributed by atoms with Crippen molar-refractivity contribution in [3.05, 3.63) is 54.3 Å². The molecule has 6 amide bonds. The van der Waals surface area contributed by atoms with Crippen molar-refractivity contribution in [3.63, 3.8) is 0 Å². The molecule has 174 valence electrons. The highest BCUT2D eigenvalue weighted by Crippen LogP contribution is 2.33. The van der Waals surface area contributed by atoms with Gasteiger partial charge in [0.2, 0.25) is 5.91 Å². The maximum absolute atomic E-state index is 13.0. The summed E-state index contributed by atoms with van der Waals surface area (Å²) in [6.07, 6.45) is 0. The van der Waals surface area contributed by atoms with Crippen LogP contribution in [-0.2, 0) is 15.1 Å². The number of nitrogens with zero attached hydrogens (tertiary/aromatic N) is 1. The molecule has 2 aliphatic rings. The highest BCUT2D eigenvalue weighted by Gasteiger charge is 2.51. The Bertz CT molecular complexity index is 1300. The van der Waals surface area contributed by atoms with Gasteiger partial charge in [-0.1, -0.05) is 18.2 Å². The summed E-state index contributed by atoms with van der Waals surface area (Å²) in [6.45, 7) is 1.68. The molecule has 0 bridgehead atoms. The van der Waals surface area contributed by atoms with Crippen LogP contribution in [0.5, 0.6) is 11.5 Å². The molecular weight excluding hydrogens is 444 g/mol. The molecule has 0 aliphatic carbocycles. The van der Waals surface area contributed by atoms with Gasteiger partial charge in [-0.25, -0.2) is 9.59 Å². The molecule has 0 radical (unpaired) electrons. The van der Waals surface area contributed by atoms with Gasteiger partial charge in [0.05, 0.1) is 0 Å². The third-order valence-corrected chi connectivity index (χ3v) is 5.55. The van der Waals surface area contributed by atoms with E-state index in [4.69, 9.17) is 13.9 Å². The number of carbonyl (C=O) groups is 4. The molecular formula is C23H20N4O7. The number of anilines is 1. The lowest BCUT2D eigenvalue weighted by atomic mass is 9.99. The van der Waals surface area contributed by atoms with E-state index in [0.29, 0.717) is 36.0 Å². The maximum Gasteiger partial charge on any atom is 0.325 e. The summed E-state index contributed by atoms with van der Waals surface area (Å²) < 4.78 is 16.6. The van der Waals surface area contributed by atoms with Gasteiger partial charge in [0.25, 0.3) is 5.91 Å². The van der Waals surface area contributed by atoms with E-state index in [1.54, 1.807) is 36.4 Å². The molecule has 5 rings (SSSR count). The van der Waals surface area contributed by atoms with Crippen LogP contribution in [0.25, 0.3) is 11.0 Å². The molecule has 2 aliphatic heterocycles. The number of para-hydroxylation sites is 1. The smallest absolute Gasteiger partial charge is 0.325 e. The molecule has 2 aromatic carbocycles. The number of furan rings is 1. The van der Waals surface area contributed by atoms with E-state index in [-0.39, 0.29) is 5.76 Å². The number of fused-ring (bicyclic) bond motifs is 2. The predicted octanol–water partition coefficient (Wildman–Crippen LogP) is 2.32. The summed E-state index contributed by atoms with van der Waals surface area (Å²) in [4.78, 5) is 50.9. The van der Waals surface area contributed by atoms with E-state index in [2.05, 4.69) is 16.0 Å². The van der Waals surface area contributed by atoms with E-state index < -0.39 is 36.0 Å². The Morgan fingerprint density at radius 1 is 1.06 bits per heavy atom. The van der Waals surface area contributed by atoms with E-state index in [0.717, 1.165) is 10.3 Å². The SMILES string of the molecule is C[C@]1(c2cc3ccccc3o2)NC(=O)N(CC(=O)NC(=O)Nc2ccc3c(c2)OCCO3)C1=O. The van der Waals surface area contributed by atoms with E-state index >= 15 is 0 Å². The zero-order chi connectivity index (χ0) is 23.9. The number of benzene rings is 2. The fraction of sp³-hybridized carbons (Fsp3) is 0.217. The standard InChI is InChI=1S/C23H20N4O7/c1-23(18-10-13-4-2-3-5-15(13)34-18)20(29)27(22(31)26-23)12-19(28)25-21(30)24-14-6-7-16-17(11-14)33-9-8-32-16/h2-7,10-11H,8-9,12H2,1H3,(H,26,31)(H2,24,25,28,30)/t23-/m1/s1. The summed E-state index contributed by atoms with van der Waals surface area (Å²) in [7, 11) is 0. The van der Waals surface area contributed by atoms with Gasteiger partial charge in [0.15, 0.2) is 17.0 Å². The molecule has 1 fully saturated rings. The molecule has 3 heterocycles. The van der Waals surface area contributed by atoms with Crippen molar-refractivity contribution in [3.8, 4) is 11.5 Å². The average molecular weight is 464 g/mol. The zero-order valence-corrected chi connectivity index (χ0v) is 18.0. The van der Waals surface area contributed by atoms with Crippen molar-refractivity contribution in [1.29, 1.82) is 0 Å². The molecule has 1 aromatic heterocycles. The average Bonchev–Trinajstić information content (AvgIpc) is 3.35. The lowest BCUT2D eigenvalue weighted by Gasteiger charge is -2.19. The van der Waals surface area contributed by atoms with Crippen LogP contribution < -0.4 is 25.4 Å². The van der Waals surface area contributed by atoms with E-state index in [9.17, 15) is 19.2 Å². The zero-order valence-electron chi connectivity index (χ0n) is 18.0. The van der Waals surface area contributed by atoms with Crippen LogP contribution in [0.2, 0.25) is 0 Å². The van der Waals surface area contributed by atoms with Crippen LogP contribution in [0.1, 0.15) is 12.7 Å². The number of amides is 6. The molecule has 1 saturated heterocycles.